The van der Waals surface area contributed by atoms with Gasteiger partial charge in [0.1, 0.15) is 5.82 Å². The monoisotopic (exact) mass is 261 g/mol. The topological polar surface area (TPSA) is 32.3 Å². The molecule has 0 saturated heterocycles. The zero-order valence-corrected chi connectivity index (χ0v) is 9.51. The average Bonchev–Trinajstić information content (AvgIpc) is 2.19. The van der Waals surface area contributed by atoms with Crippen molar-refractivity contribution in [3.05, 3.63) is 28.5 Å². The molecule has 0 heterocycles. The lowest BCUT2D eigenvalue weighted by atomic mass is 10.2. The van der Waals surface area contributed by atoms with Crippen LogP contribution in [0, 0.1) is 11.7 Å². The van der Waals surface area contributed by atoms with Crippen LogP contribution in [0.5, 0.6) is 0 Å². The normalized spacial score (nSPS) is 12.6. The maximum atomic E-state index is 13.2. The van der Waals surface area contributed by atoms with Crippen LogP contribution in [0.15, 0.2) is 22.7 Å². The second-order valence-corrected chi connectivity index (χ2v) is 4.21. The molecular weight excluding hydrogens is 249 g/mol. The Bertz CT molecular complexity index is 306. The molecule has 0 aliphatic heterocycles. The molecule has 1 aromatic carbocycles. The highest BCUT2D eigenvalue weighted by molar-refractivity contribution is 9.10. The van der Waals surface area contributed by atoms with E-state index in [1.807, 2.05) is 6.92 Å². The molecule has 0 aromatic heterocycles. The first-order valence-electron chi connectivity index (χ1n) is 4.43. The van der Waals surface area contributed by atoms with Crippen LogP contribution in [0.4, 0.5) is 10.1 Å². The van der Waals surface area contributed by atoms with Gasteiger partial charge in [-0.15, -0.1) is 0 Å². The molecule has 1 unspecified atom stereocenters. The highest BCUT2D eigenvalue weighted by atomic mass is 79.9. The molecule has 1 atom stereocenters. The van der Waals surface area contributed by atoms with Gasteiger partial charge in [0, 0.05) is 17.6 Å². The van der Waals surface area contributed by atoms with Crippen molar-refractivity contribution in [1.82, 2.24) is 0 Å². The molecule has 0 radical (unpaired) electrons. The summed E-state index contributed by atoms with van der Waals surface area (Å²) >= 11 is 3.26. The van der Waals surface area contributed by atoms with E-state index >= 15 is 0 Å². The third-order valence-corrected chi connectivity index (χ3v) is 2.37. The Kier molecular flexibility index (Phi) is 4.35. The van der Waals surface area contributed by atoms with Crippen LogP contribution in [-0.2, 0) is 0 Å². The summed E-state index contributed by atoms with van der Waals surface area (Å²) in [5.74, 6) is -0.160. The van der Waals surface area contributed by atoms with E-state index in [-0.39, 0.29) is 18.3 Å². The van der Waals surface area contributed by atoms with Crippen molar-refractivity contribution in [3.63, 3.8) is 0 Å². The van der Waals surface area contributed by atoms with Gasteiger partial charge in [0.2, 0.25) is 0 Å². The minimum absolute atomic E-state index is 0.0998. The van der Waals surface area contributed by atoms with Crippen molar-refractivity contribution in [2.45, 2.75) is 6.92 Å². The molecule has 0 saturated carbocycles. The lowest BCUT2D eigenvalue weighted by Gasteiger charge is -2.11. The Balaban J connectivity index is 2.62. The van der Waals surface area contributed by atoms with Crippen LogP contribution in [0.25, 0.3) is 0 Å². The zero-order chi connectivity index (χ0) is 10.6. The molecule has 0 amide bonds. The third kappa shape index (κ3) is 3.27. The van der Waals surface area contributed by atoms with Crippen LogP contribution in [0.3, 0.4) is 0 Å². The Morgan fingerprint density at radius 3 is 2.93 bits per heavy atom. The second kappa shape index (κ2) is 5.32. The van der Waals surface area contributed by atoms with E-state index in [4.69, 9.17) is 5.11 Å². The number of aliphatic hydroxyl groups is 1. The fourth-order valence-corrected chi connectivity index (χ4v) is 1.34. The van der Waals surface area contributed by atoms with Gasteiger partial charge in [-0.2, -0.15) is 0 Å². The van der Waals surface area contributed by atoms with Gasteiger partial charge < -0.3 is 10.4 Å². The molecular formula is C10H13BrFNO. The van der Waals surface area contributed by atoms with Gasteiger partial charge in [0.15, 0.2) is 0 Å². The fraction of sp³-hybridized carbons (Fsp3) is 0.400. The van der Waals surface area contributed by atoms with E-state index in [1.54, 1.807) is 12.1 Å². The summed E-state index contributed by atoms with van der Waals surface area (Å²) < 4.78 is 14.0. The number of aliphatic hydroxyl groups excluding tert-OH is 1. The van der Waals surface area contributed by atoms with Crippen molar-refractivity contribution in [2.75, 3.05) is 18.5 Å². The van der Waals surface area contributed by atoms with E-state index < -0.39 is 0 Å². The number of benzene rings is 1. The number of halogens is 2. The van der Waals surface area contributed by atoms with Crippen LogP contribution in [-0.4, -0.2) is 18.3 Å². The van der Waals surface area contributed by atoms with Gasteiger partial charge in [-0.1, -0.05) is 22.9 Å². The highest BCUT2D eigenvalue weighted by Gasteiger charge is 2.04. The molecule has 0 spiro atoms. The summed E-state index contributed by atoms with van der Waals surface area (Å²) in [5.41, 5.74) is 0.458. The molecule has 0 aliphatic carbocycles. The van der Waals surface area contributed by atoms with E-state index in [0.29, 0.717) is 12.2 Å². The smallest absolute Gasteiger partial charge is 0.146 e. The summed E-state index contributed by atoms with van der Waals surface area (Å²) in [5, 5.41) is 11.7. The molecule has 0 aliphatic rings. The summed E-state index contributed by atoms with van der Waals surface area (Å²) in [4.78, 5) is 0. The number of rotatable bonds is 4. The predicted molar refractivity (Wildman–Crippen MR) is 58.8 cm³/mol. The van der Waals surface area contributed by atoms with E-state index in [1.165, 1.54) is 6.07 Å². The summed E-state index contributed by atoms with van der Waals surface area (Å²) in [6, 6.07) is 4.73. The van der Waals surface area contributed by atoms with Crippen molar-refractivity contribution < 1.29 is 9.50 Å². The third-order valence-electron chi connectivity index (χ3n) is 1.88. The van der Waals surface area contributed by atoms with Crippen LogP contribution >= 0.6 is 15.9 Å². The van der Waals surface area contributed by atoms with Gasteiger partial charge in [-0.3, -0.25) is 0 Å². The summed E-state index contributed by atoms with van der Waals surface area (Å²) in [7, 11) is 0. The first-order chi connectivity index (χ1) is 6.63. The Morgan fingerprint density at radius 2 is 2.29 bits per heavy atom. The number of nitrogens with one attached hydrogen (secondary N) is 1. The maximum Gasteiger partial charge on any atom is 0.146 e. The average molecular weight is 262 g/mol. The number of hydrogen-bond donors (Lipinski definition) is 2. The summed E-state index contributed by atoms with van der Waals surface area (Å²) in [6.45, 7) is 2.55. The SMILES string of the molecule is CC(CO)CNc1cc(Br)ccc1F. The maximum absolute atomic E-state index is 13.2. The van der Waals surface area contributed by atoms with Crippen molar-refractivity contribution in [3.8, 4) is 0 Å². The van der Waals surface area contributed by atoms with Gasteiger partial charge >= 0.3 is 0 Å². The molecule has 78 valence electrons. The van der Waals surface area contributed by atoms with Crippen molar-refractivity contribution in [2.24, 2.45) is 5.92 Å². The molecule has 1 rings (SSSR count). The fourth-order valence-electron chi connectivity index (χ4n) is 0.982. The number of anilines is 1. The standard InChI is InChI=1S/C10H13BrFNO/c1-7(6-14)5-13-10-4-8(11)2-3-9(10)12/h2-4,7,13-14H,5-6H2,1H3. The molecule has 1 aromatic rings. The highest BCUT2D eigenvalue weighted by Crippen LogP contribution is 2.20. The van der Waals surface area contributed by atoms with Crippen LogP contribution < -0.4 is 5.32 Å². The minimum atomic E-state index is -0.279. The van der Waals surface area contributed by atoms with Crippen LogP contribution in [0.2, 0.25) is 0 Å². The van der Waals surface area contributed by atoms with Crippen molar-refractivity contribution in [1.29, 1.82) is 0 Å². The lowest BCUT2D eigenvalue weighted by Crippen LogP contribution is -2.15. The molecule has 4 heteroatoms. The predicted octanol–water partition coefficient (Wildman–Crippen LogP) is 2.63. The molecule has 14 heavy (non-hydrogen) atoms. The van der Waals surface area contributed by atoms with Crippen LogP contribution in [0.1, 0.15) is 6.92 Å². The van der Waals surface area contributed by atoms with E-state index in [0.717, 1.165) is 4.47 Å². The van der Waals surface area contributed by atoms with Gasteiger partial charge in [0.05, 0.1) is 5.69 Å². The summed E-state index contributed by atoms with van der Waals surface area (Å²) in [6.07, 6.45) is 0. The number of hydrogen-bond acceptors (Lipinski definition) is 2. The largest absolute Gasteiger partial charge is 0.396 e. The Hall–Kier alpha value is -0.610. The first-order valence-corrected chi connectivity index (χ1v) is 5.22. The lowest BCUT2D eigenvalue weighted by molar-refractivity contribution is 0.244. The van der Waals surface area contributed by atoms with E-state index in [2.05, 4.69) is 21.2 Å². The quantitative estimate of drug-likeness (QED) is 0.874. The van der Waals surface area contributed by atoms with Gasteiger partial charge in [-0.25, -0.2) is 4.39 Å². The zero-order valence-electron chi connectivity index (χ0n) is 7.93. The second-order valence-electron chi connectivity index (χ2n) is 3.29. The molecule has 0 fully saturated rings. The van der Waals surface area contributed by atoms with Crippen molar-refractivity contribution >= 4 is 21.6 Å². The first kappa shape index (κ1) is 11.5. The van der Waals surface area contributed by atoms with E-state index in [9.17, 15) is 4.39 Å². The molecule has 2 nitrogen and oxygen atoms in total. The molecule has 2 N–H and O–H groups in total. The molecule has 0 bridgehead atoms. The Labute approximate surface area is 91.3 Å². The minimum Gasteiger partial charge on any atom is -0.396 e. The Morgan fingerprint density at radius 1 is 1.57 bits per heavy atom. The van der Waals surface area contributed by atoms with Gasteiger partial charge in [0.25, 0.3) is 0 Å². The van der Waals surface area contributed by atoms with Gasteiger partial charge in [-0.05, 0) is 24.1 Å².